The van der Waals surface area contributed by atoms with Crippen molar-refractivity contribution in [3.63, 3.8) is 0 Å². The van der Waals surface area contributed by atoms with E-state index in [1.165, 1.54) is 54.4 Å². The van der Waals surface area contributed by atoms with E-state index in [4.69, 9.17) is 4.42 Å². The molecule has 0 aliphatic rings. The van der Waals surface area contributed by atoms with Gasteiger partial charge in [-0.2, -0.15) is 0 Å². The van der Waals surface area contributed by atoms with Crippen molar-refractivity contribution in [3.8, 4) is 11.1 Å². The van der Waals surface area contributed by atoms with E-state index in [9.17, 15) is 0 Å². The van der Waals surface area contributed by atoms with Crippen LogP contribution in [0.15, 0.2) is 108 Å². The summed E-state index contributed by atoms with van der Waals surface area (Å²) < 4.78 is 6.48. The average molecular weight is 409 g/mol. The van der Waals surface area contributed by atoms with Gasteiger partial charge in [0.25, 0.3) is 0 Å². The molecule has 0 radical (unpaired) electrons. The van der Waals surface area contributed by atoms with Gasteiger partial charge in [-0.1, -0.05) is 91.0 Å². The second-order valence-electron chi connectivity index (χ2n) is 8.54. The molecule has 1 heteroatoms. The second kappa shape index (κ2) is 6.45. The highest BCUT2D eigenvalue weighted by molar-refractivity contribution is 6.24. The Bertz CT molecular complexity index is 1780. The Morgan fingerprint density at radius 2 is 1.12 bits per heavy atom. The van der Waals surface area contributed by atoms with E-state index in [2.05, 4.69) is 110 Å². The Kier molecular flexibility index (Phi) is 3.54. The molecule has 0 N–H and O–H groups in total. The first-order valence-corrected chi connectivity index (χ1v) is 11.0. The van der Waals surface area contributed by atoms with Crippen LogP contribution in [0.4, 0.5) is 0 Å². The summed E-state index contributed by atoms with van der Waals surface area (Å²) in [6.07, 6.45) is 0. The number of hydrogen-bond donors (Lipinski definition) is 0. The summed E-state index contributed by atoms with van der Waals surface area (Å²) in [5.74, 6) is 0. The van der Waals surface area contributed by atoms with Gasteiger partial charge in [-0.05, 0) is 62.7 Å². The number of rotatable bonds is 1. The van der Waals surface area contributed by atoms with Gasteiger partial charge in [0.2, 0.25) is 0 Å². The molecule has 0 spiro atoms. The van der Waals surface area contributed by atoms with E-state index in [1.54, 1.807) is 0 Å². The lowest BCUT2D eigenvalue weighted by molar-refractivity contribution is 0.673. The van der Waals surface area contributed by atoms with Crippen LogP contribution in [0, 0.1) is 6.92 Å². The highest BCUT2D eigenvalue weighted by atomic mass is 16.3. The Hall–Kier alpha value is -4.10. The summed E-state index contributed by atoms with van der Waals surface area (Å²) in [4.78, 5) is 0. The molecule has 32 heavy (non-hydrogen) atoms. The Balaban J connectivity index is 1.72. The van der Waals surface area contributed by atoms with Crippen molar-refractivity contribution in [2.24, 2.45) is 0 Å². The summed E-state index contributed by atoms with van der Waals surface area (Å²) in [5, 5.41) is 9.89. The third-order valence-corrected chi connectivity index (χ3v) is 6.86. The standard InChI is InChI=1S/C31H20O/c1-19-21-10-4-6-13-24(21)29(25-14-7-5-11-22(19)25)26-15-8-16-28-30(26)27-18-17-20-9-2-3-12-23(20)31(27)32-28/h2-18H,1H3. The zero-order chi connectivity index (χ0) is 21.2. The fourth-order valence-corrected chi connectivity index (χ4v) is 5.40. The molecule has 0 atom stereocenters. The first kappa shape index (κ1) is 17.6. The quantitative estimate of drug-likeness (QED) is 0.247. The van der Waals surface area contributed by atoms with Crippen molar-refractivity contribution in [2.75, 3.05) is 0 Å². The molecule has 0 saturated carbocycles. The fraction of sp³-hybridized carbons (Fsp3) is 0.0323. The topological polar surface area (TPSA) is 13.1 Å². The summed E-state index contributed by atoms with van der Waals surface area (Å²) in [7, 11) is 0. The molecule has 150 valence electrons. The van der Waals surface area contributed by atoms with Crippen molar-refractivity contribution >= 4 is 54.3 Å². The molecule has 0 aliphatic carbocycles. The highest BCUT2D eigenvalue weighted by Gasteiger charge is 2.18. The van der Waals surface area contributed by atoms with Gasteiger partial charge in [-0.25, -0.2) is 0 Å². The normalized spacial score (nSPS) is 11.9. The van der Waals surface area contributed by atoms with E-state index < -0.39 is 0 Å². The summed E-state index contributed by atoms with van der Waals surface area (Å²) in [5.41, 5.74) is 5.73. The molecule has 7 aromatic rings. The lowest BCUT2D eigenvalue weighted by Crippen LogP contribution is -1.90. The van der Waals surface area contributed by atoms with Crippen LogP contribution in [-0.2, 0) is 0 Å². The van der Waals surface area contributed by atoms with Crippen LogP contribution in [0.25, 0.3) is 65.4 Å². The third kappa shape index (κ3) is 2.28. The smallest absolute Gasteiger partial charge is 0.143 e. The van der Waals surface area contributed by atoms with E-state index >= 15 is 0 Å². The third-order valence-electron chi connectivity index (χ3n) is 6.86. The summed E-state index contributed by atoms with van der Waals surface area (Å²) in [6, 6.07) is 36.8. The Morgan fingerprint density at radius 3 is 1.84 bits per heavy atom. The van der Waals surface area contributed by atoms with E-state index in [-0.39, 0.29) is 0 Å². The lowest BCUT2D eigenvalue weighted by Gasteiger charge is -2.16. The van der Waals surface area contributed by atoms with Crippen molar-refractivity contribution < 1.29 is 4.42 Å². The Labute approximate surface area is 185 Å². The lowest BCUT2D eigenvalue weighted by atomic mass is 9.87. The molecule has 1 nitrogen and oxygen atoms in total. The SMILES string of the molecule is Cc1c2ccccc2c(-c2cccc3oc4c5ccccc5ccc4c23)c2ccccc12. The van der Waals surface area contributed by atoms with Gasteiger partial charge < -0.3 is 4.42 Å². The van der Waals surface area contributed by atoms with Crippen molar-refractivity contribution in [1.29, 1.82) is 0 Å². The van der Waals surface area contributed by atoms with Crippen LogP contribution in [0.3, 0.4) is 0 Å². The molecule has 1 heterocycles. The first-order chi connectivity index (χ1) is 15.8. The van der Waals surface area contributed by atoms with E-state index in [0.29, 0.717) is 0 Å². The molecule has 0 saturated heterocycles. The number of hydrogen-bond acceptors (Lipinski definition) is 1. The van der Waals surface area contributed by atoms with Crippen molar-refractivity contribution in [3.05, 3.63) is 109 Å². The van der Waals surface area contributed by atoms with Crippen LogP contribution < -0.4 is 0 Å². The molecule has 0 aliphatic heterocycles. The van der Waals surface area contributed by atoms with Gasteiger partial charge in [-0.3, -0.25) is 0 Å². The van der Waals surface area contributed by atoms with Gasteiger partial charge in [0.15, 0.2) is 0 Å². The number of furan rings is 1. The zero-order valence-corrected chi connectivity index (χ0v) is 17.7. The minimum absolute atomic E-state index is 0.933. The summed E-state index contributed by atoms with van der Waals surface area (Å²) in [6.45, 7) is 2.23. The second-order valence-corrected chi connectivity index (χ2v) is 8.54. The highest BCUT2D eigenvalue weighted by Crippen LogP contribution is 2.44. The minimum atomic E-state index is 0.933. The van der Waals surface area contributed by atoms with Crippen LogP contribution >= 0.6 is 0 Å². The number of aryl methyl sites for hydroxylation is 1. The van der Waals surface area contributed by atoms with Gasteiger partial charge in [0.05, 0.1) is 0 Å². The van der Waals surface area contributed by atoms with Crippen molar-refractivity contribution in [2.45, 2.75) is 6.92 Å². The average Bonchev–Trinajstić information content (AvgIpc) is 3.24. The maximum Gasteiger partial charge on any atom is 0.143 e. The van der Waals surface area contributed by atoms with Crippen LogP contribution in [0.1, 0.15) is 5.56 Å². The molecule has 0 bridgehead atoms. The maximum atomic E-state index is 6.48. The van der Waals surface area contributed by atoms with Gasteiger partial charge in [-0.15, -0.1) is 0 Å². The largest absolute Gasteiger partial charge is 0.455 e. The minimum Gasteiger partial charge on any atom is -0.455 e. The molecular formula is C31H20O. The van der Waals surface area contributed by atoms with Crippen LogP contribution in [0.2, 0.25) is 0 Å². The number of fused-ring (bicyclic) bond motifs is 7. The van der Waals surface area contributed by atoms with Crippen molar-refractivity contribution in [1.82, 2.24) is 0 Å². The van der Waals surface area contributed by atoms with Crippen LogP contribution in [0.5, 0.6) is 0 Å². The molecule has 0 unspecified atom stereocenters. The molecule has 0 fully saturated rings. The Morgan fingerprint density at radius 1 is 0.500 bits per heavy atom. The predicted octanol–water partition coefficient (Wildman–Crippen LogP) is 9.02. The molecule has 0 amide bonds. The maximum absolute atomic E-state index is 6.48. The van der Waals surface area contributed by atoms with E-state index in [0.717, 1.165) is 16.6 Å². The van der Waals surface area contributed by atoms with E-state index in [1.807, 2.05) is 0 Å². The predicted molar refractivity (Wildman–Crippen MR) is 136 cm³/mol. The molecule has 6 aromatic carbocycles. The van der Waals surface area contributed by atoms with Gasteiger partial charge in [0.1, 0.15) is 11.2 Å². The molecular weight excluding hydrogens is 388 g/mol. The fourth-order valence-electron chi connectivity index (χ4n) is 5.40. The van der Waals surface area contributed by atoms with Gasteiger partial charge >= 0.3 is 0 Å². The van der Waals surface area contributed by atoms with Crippen LogP contribution in [-0.4, -0.2) is 0 Å². The molecule has 1 aromatic heterocycles. The van der Waals surface area contributed by atoms with Gasteiger partial charge in [0, 0.05) is 16.2 Å². The number of benzene rings is 6. The zero-order valence-electron chi connectivity index (χ0n) is 17.7. The monoisotopic (exact) mass is 408 g/mol. The molecule has 7 rings (SSSR count). The summed E-state index contributed by atoms with van der Waals surface area (Å²) >= 11 is 0. The first-order valence-electron chi connectivity index (χ1n) is 11.0.